The average molecular weight is 226 g/mol. The minimum Gasteiger partial charge on any atom is -0.145 e. The molecular weight excluding hydrogens is 216 g/mol. The highest BCUT2D eigenvalue weighted by atomic mass is 32.2. The normalized spacial score (nSPS) is 10.5. The zero-order chi connectivity index (χ0) is 9.10. The fraction of sp³-hybridized carbons (Fsp3) is 0.200. The lowest BCUT2D eigenvalue weighted by atomic mass is 10.5. The topological polar surface area (TPSA) is 0 Å². The van der Waals surface area contributed by atoms with E-state index in [0.29, 0.717) is 0 Å². The van der Waals surface area contributed by atoms with Crippen molar-refractivity contribution >= 4 is 34.4 Å². The van der Waals surface area contributed by atoms with E-state index in [-0.39, 0.29) is 0 Å². The van der Waals surface area contributed by atoms with Gasteiger partial charge in [0.1, 0.15) is 0 Å². The van der Waals surface area contributed by atoms with Crippen molar-refractivity contribution in [3.8, 4) is 0 Å². The minimum absolute atomic E-state index is 1.11. The lowest BCUT2D eigenvalue weighted by Gasteiger charge is -1.93. The van der Waals surface area contributed by atoms with Crippen LogP contribution < -0.4 is 0 Å². The second-order valence-electron chi connectivity index (χ2n) is 2.73. The third-order valence-electron chi connectivity index (χ3n) is 1.65. The Labute approximate surface area is 90.6 Å². The maximum atomic E-state index is 2.22. The molecule has 0 saturated heterocycles. The van der Waals surface area contributed by atoms with E-state index in [9.17, 15) is 0 Å². The van der Waals surface area contributed by atoms with Gasteiger partial charge in [0.05, 0.1) is 4.21 Å². The molecule has 0 atom stereocenters. The predicted octanol–water partition coefficient (Wildman–Crippen LogP) is 4.41. The van der Waals surface area contributed by atoms with Crippen molar-refractivity contribution in [1.29, 1.82) is 0 Å². The summed E-state index contributed by atoms with van der Waals surface area (Å²) >= 11 is 5.63. The lowest BCUT2D eigenvalue weighted by Crippen LogP contribution is -1.68. The van der Waals surface area contributed by atoms with Crippen LogP contribution in [-0.2, 0) is 5.75 Å². The van der Waals surface area contributed by atoms with Crippen molar-refractivity contribution in [2.45, 2.75) is 16.9 Å². The molecule has 2 heterocycles. The molecule has 0 aromatic carbocycles. The third kappa shape index (κ3) is 2.59. The van der Waals surface area contributed by atoms with Gasteiger partial charge in [0.2, 0.25) is 0 Å². The molecule has 68 valence electrons. The highest BCUT2D eigenvalue weighted by molar-refractivity contribution is 8.00. The van der Waals surface area contributed by atoms with Crippen molar-refractivity contribution in [1.82, 2.24) is 0 Å². The van der Waals surface area contributed by atoms with Gasteiger partial charge in [-0.25, -0.2) is 0 Å². The smallest absolute Gasteiger partial charge is 0.0602 e. The molecule has 0 amide bonds. The molecule has 0 N–H and O–H groups in total. The number of hydrogen-bond acceptors (Lipinski definition) is 3. The van der Waals surface area contributed by atoms with Crippen molar-refractivity contribution in [2.24, 2.45) is 0 Å². The summed E-state index contributed by atoms with van der Waals surface area (Å²) in [4.78, 5) is 2.87. The van der Waals surface area contributed by atoms with E-state index >= 15 is 0 Å². The Morgan fingerprint density at radius 3 is 2.85 bits per heavy atom. The largest absolute Gasteiger partial charge is 0.145 e. The van der Waals surface area contributed by atoms with Crippen LogP contribution >= 0.6 is 34.4 Å². The van der Waals surface area contributed by atoms with Crippen LogP contribution in [0.1, 0.15) is 9.75 Å². The Kier molecular flexibility index (Phi) is 3.09. The highest BCUT2D eigenvalue weighted by Gasteiger charge is 1.98. The van der Waals surface area contributed by atoms with Crippen molar-refractivity contribution in [3.05, 3.63) is 39.4 Å². The van der Waals surface area contributed by atoms with Crippen molar-refractivity contribution in [3.63, 3.8) is 0 Å². The molecule has 0 bridgehead atoms. The van der Waals surface area contributed by atoms with Crippen LogP contribution in [0.25, 0.3) is 0 Å². The van der Waals surface area contributed by atoms with Crippen LogP contribution in [0.5, 0.6) is 0 Å². The van der Waals surface area contributed by atoms with E-state index in [1.165, 1.54) is 14.0 Å². The van der Waals surface area contributed by atoms with Gasteiger partial charge in [-0.2, -0.15) is 0 Å². The number of hydrogen-bond donors (Lipinski definition) is 0. The molecule has 0 radical (unpaired) electrons. The zero-order valence-corrected chi connectivity index (χ0v) is 9.77. The molecular formula is C10H10S3. The second kappa shape index (κ2) is 4.31. The Morgan fingerprint density at radius 2 is 2.23 bits per heavy atom. The SMILES string of the molecule is Cc1ccc(CSc2cccs2)s1. The summed E-state index contributed by atoms with van der Waals surface area (Å²) in [6, 6.07) is 8.69. The van der Waals surface area contributed by atoms with Crippen molar-refractivity contribution < 1.29 is 0 Å². The van der Waals surface area contributed by atoms with Gasteiger partial charge >= 0.3 is 0 Å². The van der Waals surface area contributed by atoms with Crippen LogP contribution in [0.4, 0.5) is 0 Å². The van der Waals surface area contributed by atoms with Crippen LogP contribution in [-0.4, -0.2) is 0 Å². The number of thiophene rings is 2. The van der Waals surface area contributed by atoms with Crippen LogP contribution in [0, 0.1) is 6.92 Å². The first kappa shape index (κ1) is 9.31. The van der Waals surface area contributed by atoms with Gasteiger partial charge in [-0.1, -0.05) is 6.07 Å². The fourth-order valence-electron chi connectivity index (χ4n) is 1.05. The Morgan fingerprint density at radius 1 is 1.31 bits per heavy atom. The van der Waals surface area contributed by atoms with Crippen LogP contribution in [0.3, 0.4) is 0 Å². The van der Waals surface area contributed by atoms with Crippen molar-refractivity contribution in [2.75, 3.05) is 0 Å². The Balaban J connectivity index is 1.93. The standard InChI is InChI=1S/C10H10S3/c1-8-4-5-9(13-8)7-12-10-3-2-6-11-10/h2-6H,7H2,1H3. The molecule has 0 unspecified atom stereocenters. The first-order valence-electron chi connectivity index (χ1n) is 4.06. The van der Waals surface area contributed by atoms with Gasteiger partial charge < -0.3 is 0 Å². The maximum absolute atomic E-state index is 2.22. The molecule has 2 aromatic heterocycles. The third-order valence-corrected chi connectivity index (χ3v) is 5.01. The van der Waals surface area contributed by atoms with E-state index in [2.05, 4.69) is 36.6 Å². The molecule has 13 heavy (non-hydrogen) atoms. The molecule has 2 aromatic rings. The van der Waals surface area contributed by atoms with Gasteiger partial charge in [-0.15, -0.1) is 34.4 Å². The molecule has 0 aliphatic rings. The minimum atomic E-state index is 1.11. The van der Waals surface area contributed by atoms with E-state index < -0.39 is 0 Å². The summed E-state index contributed by atoms with van der Waals surface area (Å²) in [5.74, 6) is 1.11. The molecule has 0 aliphatic heterocycles. The number of rotatable bonds is 3. The zero-order valence-electron chi connectivity index (χ0n) is 7.32. The predicted molar refractivity (Wildman–Crippen MR) is 62.9 cm³/mol. The first-order chi connectivity index (χ1) is 6.34. The van der Waals surface area contributed by atoms with Gasteiger partial charge in [-0.05, 0) is 30.5 Å². The fourth-order valence-corrected chi connectivity index (χ4v) is 3.77. The average Bonchev–Trinajstić information content (AvgIpc) is 2.71. The molecule has 0 saturated carbocycles. The van der Waals surface area contributed by atoms with Gasteiger partial charge in [-0.3, -0.25) is 0 Å². The molecule has 0 aliphatic carbocycles. The van der Waals surface area contributed by atoms with Gasteiger partial charge in [0.15, 0.2) is 0 Å². The monoisotopic (exact) mass is 226 g/mol. The van der Waals surface area contributed by atoms with E-state index in [4.69, 9.17) is 0 Å². The van der Waals surface area contributed by atoms with Crippen LogP contribution in [0.15, 0.2) is 33.9 Å². The lowest BCUT2D eigenvalue weighted by molar-refractivity contribution is 1.53. The number of thioether (sulfide) groups is 1. The van der Waals surface area contributed by atoms with Crippen LogP contribution in [0.2, 0.25) is 0 Å². The summed E-state index contributed by atoms with van der Waals surface area (Å²) in [7, 11) is 0. The van der Waals surface area contributed by atoms with E-state index in [1.807, 2.05) is 34.4 Å². The highest BCUT2D eigenvalue weighted by Crippen LogP contribution is 2.29. The Hall–Kier alpha value is -0.250. The summed E-state index contributed by atoms with van der Waals surface area (Å²) in [6.45, 7) is 2.16. The molecule has 0 fully saturated rings. The summed E-state index contributed by atoms with van der Waals surface area (Å²) < 4.78 is 1.41. The van der Waals surface area contributed by atoms with Gasteiger partial charge in [0, 0.05) is 15.5 Å². The summed E-state index contributed by atoms with van der Waals surface area (Å²) in [6.07, 6.45) is 0. The van der Waals surface area contributed by atoms with E-state index in [0.717, 1.165) is 5.75 Å². The maximum Gasteiger partial charge on any atom is 0.0602 e. The molecule has 2 rings (SSSR count). The first-order valence-corrected chi connectivity index (χ1v) is 6.74. The molecule has 3 heteroatoms. The number of aryl methyl sites for hydroxylation is 1. The quantitative estimate of drug-likeness (QED) is 0.699. The summed E-state index contributed by atoms with van der Waals surface area (Å²) in [5, 5.41) is 2.13. The molecule has 0 spiro atoms. The second-order valence-corrected chi connectivity index (χ2v) is 6.33. The van der Waals surface area contributed by atoms with Gasteiger partial charge in [0.25, 0.3) is 0 Å². The Bertz CT molecular complexity index is 359. The summed E-state index contributed by atoms with van der Waals surface area (Å²) in [5.41, 5.74) is 0. The van der Waals surface area contributed by atoms with E-state index in [1.54, 1.807) is 0 Å². The molecule has 0 nitrogen and oxygen atoms in total.